The summed E-state index contributed by atoms with van der Waals surface area (Å²) in [4.78, 5) is 33.1. The standard InChI is InChI=1S/C20H25ClN4O3/c21-15-5-6-17-16(12-15)23-20(28-17)25-11-3-4-14(13-25)19(27)22-8-7-18(26)24-9-1-2-10-24/h5-6,12,14H,1-4,7-11,13H2,(H,22,27). The number of anilines is 1. The second kappa shape index (κ2) is 8.39. The maximum atomic E-state index is 12.6. The highest BCUT2D eigenvalue weighted by atomic mass is 35.5. The normalized spacial score (nSPS) is 20.0. The van der Waals surface area contributed by atoms with Crippen molar-refractivity contribution in [2.75, 3.05) is 37.6 Å². The number of rotatable bonds is 5. The van der Waals surface area contributed by atoms with E-state index in [-0.39, 0.29) is 17.7 Å². The third-order valence-electron chi connectivity index (χ3n) is 5.50. The van der Waals surface area contributed by atoms with Crippen molar-refractivity contribution in [2.45, 2.75) is 32.1 Å². The molecule has 1 aromatic carbocycles. The van der Waals surface area contributed by atoms with Gasteiger partial charge in [-0.3, -0.25) is 9.59 Å². The molecule has 2 fully saturated rings. The molecule has 0 radical (unpaired) electrons. The number of fused-ring (bicyclic) bond motifs is 1. The predicted molar refractivity (Wildman–Crippen MR) is 107 cm³/mol. The Labute approximate surface area is 169 Å². The van der Waals surface area contributed by atoms with Crippen molar-refractivity contribution in [3.63, 3.8) is 0 Å². The molecule has 8 heteroatoms. The van der Waals surface area contributed by atoms with Gasteiger partial charge in [0.2, 0.25) is 11.8 Å². The summed E-state index contributed by atoms with van der Waals surface area (Å²) in [6.45, 7) is 3.45. The van der Waals surface area contributed by atoms with Crippen LogP contribution in [0.15, 0.2) is 22.6 Å². The third kappa shape index (κ3) is 4.24. The molecule has 1 unspecified atom stereocenters. The van der Waals surface area contributed by atoms with E-state index in [1.165, 1.54) is 0 Å². The summed E-state index contributed by atoms with van der Waals surface area (Å²) in [5.74, 6) is 0.000485. The van der Waals surface area contributed by atoms with Crippen LogP contribution in [-0.4, -0.2) is 54.4 Å². The zero-order chi connectivity index (χ0) is 19.5. The second-order valence-electron chi connectivity index (χ2n) is 7.52. The number of oxazole rings is 1. The lowest BCUT2D eigenvalue weighted by Crippen LogP contribution is -2.44. The molecule has 0 saturated carbocycles. The highest BCUT2D eigenvalue weighted by Gasteiger charge is 2.28. The number of carbonyl (C=O) groups excluding carboxylic acids is 2. The van der Waals surface area contributed by atoms with Crippen molar-refractivity contribution in [2.24, 2.45) is 5.92 Å². The van der Waals surface area contributed by atoms with Crippen molar-refractivity contribution in [3.8, 4) is 0 Å². The molecule has 2 aromatic rings. The van der Waals surface area contributed by atoms with E-state index in [1.807, 2.05) is 9.80 Å². The van der Waals surface area contributed by atoms with Crippen molar-refractivity contribution in [3.05, 3.63) is 23.2 Å². The maximum Gasteiger partial charge on any atom is 0.298 e. The summed E-state index contributed by atoms with van der Waals surface area (Å²) in [5.41, 5.74) is 1.40. The summed E-state index contributed by atoms with van der Waals surface area (Å²) in [6.07, 6.45) is 4.25. The molecule has 2 amide bonds. The first-order chi connectivity index (χ1) is 13.6. The molecule has 1 N–H and O–H groups in total. The first kappa shape index (κ1) is 19.1. The van der Waals surface area contributed by atoms with Crippen molar-refractivity contribution < 1.29 is 14.0 Å². The van der Waals surface area contributed by atoms with Gasteiger partial charge in [-0.05, 0) is 43.9 Å². The molecule has 150 valence electrons. The molecule has 0 spiro atoms. The highest BCUT2D eigenvalue weighted by Crippen LogP contribution is 2.28. The molecule has 0 bridgehead atoms. The fraction of sp³-hybridized carbons (Fsp3) is 0.550. The van der Waals surface area contributed by atoms with Crippen molar-refractivity contribution >= 4 is 40.5 Å². The summed E-state index contributed by atoms with van der Waals surface area (Å²) in [7, 11) is 0. The topological polar surface area (TPSA) is 78.7 Å². The minimum atomic E-state index is -0.130. The van der Waals surface area contributed by atoms with Gasteiger partial charge in [-0.15, -0.1) is 0 Å². The van der Waals surface area contributed by atoms with E-state index in [9.17, 15) is 9.59 Å². The Morgan fingerprint density at radius 2 is 2.04 bits per heavy atom. The summed E-state index contributed by atoms with van der Waals surface area (Å²) < 4.78 is 5.83. The minimum Gasteiger partial charge on any atom is -0.423 e. The van der Waals surface area contributed by atoms with E-state index in [4.69, 9.17) is 16.0 Å². The molecule has 4 rings (SSSR count). The number of nitrogens with one attached hydrogen (secondary N) is 1. The van der Waals surface area contributed by atoms with Crippen LogP contribution in [0.4, 0.5) is 6.01 Å². The second-order valence-corrected chi connectivity index (χ2v) is 7.96. The first-order valence-corrected chi connectivity index (χ1v) is 10.3. The Kier molecular flexibility index (Phi) is 5.71. The van der Waals surface area contributed by atoms with Crippen LogP contribution < -0.4 is 10.2 Å². The molecule has 3 heterocycles. The molecule has 1 aromatic heterocycles. The van der Waals surface area contributed by atoms with Crippen molar-refractivity contribution in [1.29, 1.82) is 0 Å². The number of hydrogen-bond donors (Lipinski definition) is 1. The van der Waals surface area contributed by atoms with Crippen LogP contribution in [0.2, 0.25) is 5.02 Å². The van der Waals surface area contributed by atoms with E-state index in [0.29, 0.717) is 36.1 Å². The Morgan fingerprint density at radius 3 is 2.86 bits per heavy atom. The quantitative estimate of drug-likeness (QED) is 0.829. The van der Waals surface area contributed by atoms with Gasteiger partial charge in [0.05, 0.1) is 5.92 Å². The summed E-state index contributed by atoms with van der Waals surface area (Å²) in [6, 6.07) is 5.88. The number of nitrogens with zero attached hydrogens (tertiary/aromatic N) is 3. The molecular formula is C20H25ClN4O3. The summed E-state index contributed by atoms with van der Waals surface area (Å²) in [5, 5.41) is 3.55. The molecule has 0 aliphatic carbocycles. The number of amides is 2. The molecule has 2 aliphatic rings. The average Bonchev–Trinajstić information content (AvgIpc) is 3.37. The van der Waals surface area contributed by atoms with Gasteiger partial charge in [0, 0.05) is 44.2 Å². The molecule has 7 nitrogen and oxygen atoms in total. The van der Waals surface area contributed by atoms with Gasteiger partial charge in [-0.25, -0.2) is 0 Å². The van der Waals surface area contributed by atoms with Crippen LogP contribution in [-0.2, 0) is 9.59 Å². The highest BCUT2D eigenvalue weighted by molar-refractivity contribution is 6.31. The smallest absolute Gasteiger partial charge is 0.298 e. The Morgan fingerprint density at radius 1 is 1.21 bits per heavy atom. The molecule has 2 aliphatic heterocycles. The Hall–Kier alpha value is -2.28. The molecular weight excluding hydrogens is 380 g/mol. The molecule has 2 saturated heterocycles. The Bertz CT molecular complexity index is 862. The maximum absolute atomic E-state index is 12.6. The number of piperidine rings is 1. The fourth-order valence-electron chi connectivity index (χ4n) is 3.95. The van der Waals surface area contributed by atoms with Gasteiger partial charge in [0.25, 0.3) is 6.01 Å². The largest absolute Gasteiger partial charge is 0.423 e. The van der Waals surface area contributed by atoms with E-state index in [0.717, 1.165) is 50.8 Å². The molecule has 28 heavy (non-hydrogen) atoms. The predicted octanol–water partition coefficient (Wildman–Crippen LogP) is 2.83. The number of aromatic nitrogens is 1. The number of hydrogen-bond acceptors (Lipinski definition) is 5. The van der Waals surface area contributed by atoms with E-state index >= 15 is 0 Å². The van der Waals surface area contributed by atoms with Gasteiger partial charge < -0.3 is 19.5 Å². The van der Waals surface area contributed by atoms with Crippen LogP contribution in [0.1, 0.15) is 32.1 Å². The van der Waals surface area contributed by atoms with Crippen LogP contribution in [0.5, 0.6) is 0 Å². The zero-order valence-corrected chi connectivity index (χ0v) is 16.6. The van der Waals surface area contributed by atoms with Gasteiger partial charge in [0.1, 0.15) is 5.52 Å². The van der Waals surface area contributed by atoms with Gasteiger partial charge in [0.15, 0.2) is 5.58 Å². The van der Waals surface area contributed by atoms with Crippen LogP contribution in [0.3, 0.4) is 0 Å². The van der Waals surface area contributed by atoms with E-state index < -0.39 is 0 Å². The lowest BCUT2D eigenvalue weighted by atomic mass is 9.97. The van der Waals surface area contributed by atoms with E-state index in [2.05, 4.69) is 10.3 Å². The Balaban J connectivity index is 1.31. The van der Waals surface area contributed by atoms with Gasteiger partial charge in [-0.2, -0.15) is 4.98 Å². The van der Waals surface area contributed by atoms with Crippen molar-refractivity contribution in [1.82, 2.24) is 15.2 Å². The number of carbonyl (C=O) groups is 2. The monoisotopic (exact) mass is 404 g/mol. The number of likely N-dealkylation sites (tertiary alicyclic amines) is 1. The minimum absolute atomic E-state index is 0.00178. The number of halogens is 1. The zero-order valence-electron chi connectivity index (χ0n) is 15.8. The fourth-order valence-corrected chi connectivity index (χ4v) is 4.12. The SMILES string of the molecule is O=C(NCCC(=O)N1CCCC1)C1CCCN(c2nc3cc(Cl)ccc3o2)C1. The molecule has 1 atom stereocenters. The first-order valence-electron chi connectivity index (χ1n) is 9.97. The number of benzene rings is 1. The van der Waals surface area contributed by atoms with E-state index in [1.54, 1.807) is 18.2 Å². The van der Waals surface area contributed by atoms with Crippen LogP contribution in [0.25, 0.3) is 11.1 Å². The van der Waals surface area contributed by atoms with Gasteiger partial charge >= 0.3 is 0 Å². The van der Waals surface area contributed by atoms with Crippen LogP contribution >= 0.6 is 11.6 Å². The third-order valence-corrected chi connectivity index (χ3v) is 5.73. The lowest BCUT2D eigenvalue weighted by molar-refractivity contribution is -0.130. The van der Waals surface area contributed by atoms with Crippen LogP contribution in [0, 0.1) is 5.92 Å². The van der Waals surface area contributed by atoms with Gasteiger partial charge in [-0.1, -0.05) is 11.6 Å². The average molecular weight is 405 g/mol. The summed E-state index contributed by atoms with van der Waals surface area (Å²) >= 11 is 6.02. The lowest BCUT2D eigenvalue weighted by Gasteiger charge is -2.30.